The number of nitro benzene ring substituents is 1. The van der Waals surface area contributed by atoms with Crippen LogP contribution in [0.1, 0.15) is 17.3 Å². The molecule has 1 heterocycles. The number of hydrogen-bond donors (Lipinski definition) is 0. The maximum atomic E-state index is 12.3. The van der Waals surface area contributed by atoms with Crippen molar-refractivity contribution in [1.29, 1.82) is 0 Å². The van der Waals surface area contributed by atoms with Crippen LogP contribution in [0.15, 0.2) is 18.2 Å². The van der Waals surface area contributed by atoms with Crippen molar-refractivity contribution in [3.8, 4) is 0 Å². The Bertz CT molecular complexity index is 528. The van der Waals surface area contributed by atoms with Crippen molar-refractivity contribution in [2.45, 2.75) is 6.92 Å². The van der Waals surface area contributed by atoms with Gasteiger partial charge in [0.15, 0.2) is 0 Å². The lowest BCUT2D eigenvalue weighted by Crippen LogP contribution is -2.48. The first kappa shape index (κ1) is 14.7. The molecule has 1 amide bonds. The predicted octanol–water partition coefficient (Wildman–Crippen LogP) is 2.03. The molecule has 0 unspecified atom stereocenters. The molecule has 0 aliphatic carbocycles. The molecular formula is C13H16ClN3O3. The number of piperazine rings is 1. The van der Waals surface area contributed by atoms with Gasteiger partial charge in [-0.2, -0.15) is 0 Å². The zero-order chi connectivity index (χ0) is 14.7. The number of carbonyl (C=O) groups excluding carboxylic acids is 1. The fraction of sp³-hybridized carbons (Fsp3) is 0.462. The molecule has 0 bridgehead atoms. The number of rotatable bonds is 3. The van der Waals surface area contributed by atoms with Gasteiger partial charge in [0.25, 0.3) is 11.6 Å². The molecule has 7 heteroatoms. The third-order valence-electron chi connectivity index (χ3n) is 3.50. The van der Waals surface area contributed by atoms with Gasteiger partial charge in [-0.1, -0.05) is 18.5 Å². The van der Waals surface area contributed by atoms with Crippen molar-refractivity contribution in [2.24, 2.45) is 0 Å². The number of benzene rings is 1. The van der Waals surface area contributed by atoms with Crippen molar-refractivity contribution in [3.05, 3.63) is 38.9 Å². The fourth-order valence-electron chi connectivity index (χ4n) is 2.24. The SMILES string of the molecule is CCN1CCN(C(=O)c2ccc([N+](=O)[O-])c(Cl)c2)CC1. The zero-order valence-electron chi connectivity index (χ0n) is 11.2. The Balaban J connectivity index is 2.10. The van der Waals surface area contributed by atoms with Crippen molar-refractivity contribution < 1.29 is 9.72 Å². The Kier molecular flexibility index (Phi) is 4.57. The number of halogens is 1. The Hall–Kier alpha value is -1.66. The first-order valence-corrected chi connectivity index (χ1v) is 6.86. The van der Waals surface area contributed by atoms with E-state index in [1.54, 1.807) is 4.90 Å². The summed E-state index contributed by atoms with van der Waals surface area (Å²) >= 11 is 5.83. The van der Waals surface area contributed by atoms with E-state index in [-0.39, 0.29) is 16.6 Å². The van der Waals surface area contributed by atoms with E-state index < -0.39 is 4.92 Å². The molecule has 0 aromatic heterocycles. The largest absolute Gasteiger partial charge is 0.336 e. The van der Waals surface area contributed by atoms with Gasteiger partial charge in [0.1, 0.15) is 5.02 Å². The average Bonchev–Trinajstić information content (AvgIpc) is 2.46. The summed E-state index contributed by atoms with van der Waals surface area (Å²) < 4.78 is 0. The van der Waals surface area contributed by atoms with Gasteiger partial charge in [-0.25, -0.2) is 0 Å². The molecular weight excluding hydrogens is 282 g/mol. The lowest BCUT2D eigenvalue weighted by Gasteiger charge is -2.34. The molecule has 108 valence electrons. The van der Waals surface area contributed by atoms with E-state index in [0.717, 1.165) is 19.6 Å². The minimum atomic E-state index is -0.559. The minimum absolute atomic E-state index is 0.00644. The van der Waals surface area contributed by atoms with E-state index in [9.17, 15) is 14.9 Å². The monoisotopic (exact) mass is 297 g/mol. The molecule has 1 aromatic carbocycles. The highest BCUT2D eigenvalue weighted by atomic mass is 35.5. The van der Waals surface area contributed by atoms with Gasteiger partial charge in [0, 0.05) is 37.8 Å². The van der Waals surface area contributed by atoms with Crippen molar-refractivity contribution in [2.75, 3.05) is 32.7 Å². The maximum absolute atomic E-state index is 12.3. The number of nitrogens with zero attached hydrogens (tertiary/aromatic N) is 3. The molecule has 6 nitrogen and oxygen atoms in total. The van der Waals surface area contributed by atoms with E-state index in [2.05, 4.69) is 11.8 Å². The lowest BCUT2D eigenvalue weighted by atomic mass is 10.1. The smallest absolute Gasteiger partial charge is 0.287 e. The normalized spacial score (nSPS) is 16.2. The van der Waals surface area contributed by atoms with Gasteiger partial charge in [-0.3, -0.25) is 14.9 Å². The van der Waals surface area contributed by atoms with Gasteiger partial charge in [0.05, 0.1) is 4.92 Å². The highest BCUT2D eigenvalue weighted by Crippen LogP contribution is 2.25. The Labute approximate surface area is 122 Å². The zero-order valence-corrected chi connectivity index (χ0v) is 12.0. The van der Waals surface area contributed by atoms with Crippen LogP contribution in [-0.4, -0.2) is 53.4 Å². The molecule has 1 aliphatic rings. The van der Waals surface area contributed by atoms with Crippen molar-refractivity contribution in [1.82, 2.24) is 9.80 Å². The van der Waals surface area contributed by atoms with Crippen LogP contribution in [0.5, 0.6) is 0 Å². The standard InChI is InChI=1S/C13H16ClN3O3/c1-2-15-5-7-16(8-6-15)13(18)10-3-4-12(17(19)20)11(14)9-10/h3-4,9H,2,5-8H2,1H3. The molecule has 0 atom stereocenters. The lowest BCUT2D eigenvalue weighted by molar-refractivity contribution is -0.384. The minimum Gasteiger partial charge on any atom is -0.336 e. The average molecular weight is 298 g/mol. The first-order chi connectivity index (χ1) is 9.52. The highest BCUT2D eigenvalue weighted by molar-refractivity contribution is 6.33. The molecule has 2 rings (SSSR count). The quantitative estimate of drug-likeness (QED) is 0.632. The summed E-state index contributed by atoms with van der Waals surface area (Å²) in [6.45, 7) is 6.10. The number of hydrogen-bond acceptors (Lipinski definition) is 4. The van der Waals surface area contributed by atoms with Crippen LogP contribution in [0.3, 0.4) is 0 Å². The topological polar surface area (TPSA) is 66.7 Å². The Morgan fingerprint density at radius 1 is 1.35 bits per heavy atom. The van der Waals surface area contributed by atoms with Gasteiger partial charge < -0.3 is 9.80 Å². The fourth-order valence-corrected chi connectivity index (χ4v) is 2.49. The third-order valence-corrected chi connectivity index (χ3v) is 3.80. The molecule has 0 spiro atoms. The Morgan fingerprint density at radius 2 is 2.00 bits per heavy atom. The van der Waals surface area contributed by atoms with Gasteiger partial charge in [0.2, 0.25) is 0 Å². The van der Waals surface area contributed by atoms with Crippen LogP contribution in [0.2, 0.25) is 5.02 Å². The van der Waals surface area contributed by atoms with E-state index in [4.69, 9.17) is 11.6 Å². The highest BCUT2D eigenvalue weighted by Gasteiger charge is 2.23. The third kappa shape index (κ3) is 3.08. The van der Waals surface area contributed by atoms with Crippen LogP contribution in [0.4, 0.5) is 5.69 Å². The molecule has 0 radical (unpaired) electrons. The second kappa shape index (κ2) is 6.19. The number of amides is 1. The number of nitro groups is 1. The summed E-state index contributed by atoms with van der Waals surface area (Å²) in [6.07, 6.45) is 0. The summed E-state index contributed by atoms with van der Waals surface area (Å²) in [5, 5.41) is 10.7. The first-order valence-electron chi connectivity index (χ1n) is 6.48. The molecule has 1 saturated heterocycles. The molecule has 1 fully saturated rings. The molecule has 0 saturated carbocycles. The maximum Gasteiger partial charge on any atom is 0.287 e. The summed E-state index contributed by atoms with van der Waals surface area (Å²) in [5.74, 6) is -0.127. The predicted molar refractivity (Wildman–Crippen MR) is 76.1 cm³/mol. The number of likely N-dealkylation sites (N-methyl/N-ethyl adjacent to an activating group) is 1. The summed E-state index contributed by atoms with van der Waals surface area (Å²) in [5.41, 5.74) is 0.213. The molecule has 20 heavy (non-hydrogen) atoms. The van der Waals surface area contributed by atoms with Crippen LogP contribution in [-0.2, 0) is 0 Å². The molecule has 1 aliphatic heterocycles. The van der Waals surface area contributed by atoms with Crippen LogP contribution in [0, 0.1) is 10.1 Å². The summed E-state index contributed by atoms with van der Waals surface area (Å²) in [6, 6.07) is 4.10. The molecule has 0 N–H and O–H groups in total. The summed E-state index contributed by atoms with van der Waals surface area (Å²) in [7, 11) is 0. The number of carbonyl (C=O) groups is 1. The van der Waals surface area contributed by atoms with E-state index in [1.165, 1.54) is 18.2 Å². The van der Waals surface area contributed by atoms with E-state index in [0.29, 0.717) is 18.7 Å². The van der Waals surface area contributed by atoms with E-state index >= 15 is 0 Å². The summed E-state index contributed by atoms with van der Waals surface area (Å²) in [4.78, 5) is 26.5. The molecule has 1 aromatic rings. The Morgan fingerprint density at radius 3 is 2.50 bits per heavy atom. The van der Waals surface area contributed by atoms with Crippen molar-refractivity contribution in [3.63, 3.8) is 0 Å². The van der Waals surface area contributed by atoms with Gasteiger partial charge in [-0.15, -0.1) is 0 Å². The van der Waals surface area contributed by atoms with Crippen molar-refractivity contribution >= 4 is 23.2 Å². The van der Waals surface area contributed by atoms with Gasteiger partial charge in [-0.05, 0) is 18.7 Å². The van der Waals surface area contributed by atoms with Gasteiger partial charge >= 0.3 is 0 Å². The second-order valence-electron chi connectivity index (χ2n) is 4.65. The van der Waals surface area contributed by atoms with E-state index in [1.807, 2.05) is 0 Å². The second-order valence-corrected chi connectivity index (χ2v) is 5.06. The van der Waals surface area contributed by atoms with Crippen LogP contribution < -0.4 is 0 Å². The van der Waals surface area contributed by atoms with Crippen LogP contribution >= 0.6 is 11.6 Å². The van der Waals surface area contributed by atoms with Crippen LogP contribution in [0.25, 0.3) is 0 Å².